The summed E-state index contributed by atoms with van der Waals surface area (Å²) in [4.78, 5) is 34.3. The van der Waals surface area contributed by atoms with Crippen LogP contribution in [0.3, 0.4) is 0 Å². The van der Waals surface area contributed by atoms with Gasteiger partial charge in [0.1, 0.15) is 6.04 Å². The van der Waals surface area contributed by atoms with Gasteiger partial charge in [-0.3, -0.25) is 9.59 Å². The number of amides is 2. The number of nitrogens with zero attached hydrogens (tertiary/aromatic N) is 1. The number of β-amino-alcohol motifs (C(OH)–C–C–N with tert-alkyl or cyclic N) is 1. The van der Waals surface area contributed by atoms with Gasteiger partial charge in [-0.05, 0) is 0 Å². The molecule has 2 amide bonds. The largest absolute Gasteiger partial charge is 0.480 e. The highest BCUT2D eigenvalue weighted by atomic mass is 16.4. The van der Waals surface area contributed by atoms with Crippen LogP contribution in [0.5, 0.6) is 0 Å². The van der Waals surface area contributed by atoms with Crippen molar-refractivity contribution in [3.05, 3.63) is 0 Å². The molecule has 0 aliphatic carbocycles. The first-order valence-corrected chi connectivity index (χ1v) is 5.12. The van der Waals surface area contributed by atoms with Gasteiger partial charge in [-0.1, -0.05) is 0 Å². The molecule has 0 saturated carbocycles. The molecule has 17 heavy (non-hydrogen) atoms. The number of hydrogen-bond donors (Lipinski definition) is 4. The Balaban J connectivity index is 2.55. The van der Waals surface area contributed by atoms with Gasteiger partial charge in [0, 0.05) is 13.0 Å². The number of nitrogens with one attached hydrogen (secondary N) is 1. The Kier molecular flexibility index (Phi) is 4.41. The Morgan fingerprint density at radius 1 is 1.41 bits per heavy atom. The van der Waals surface area contributed by atoms with E-state index in [-0.39, 0.29) is 26.1 Å². The molecule has 0 bridgehead atoms. The van der Waals surface area contributed by atoms with Crippen LogP contribution in [0.1, 0.15) is 6.42 Å². The fraction of sp³-hybridized carbons (Fsp3) is 0.667. The third-order valence-electron chi connectivity index (χ3n) is 2.51. The molecule has 5 N–H and O–H groups in total. The normalized spacial score (nSPS) is 23.5. The second-order valence-electron chi connectivity index (χ2n) is 3.77. The molecule has 1 rings (SSSR count). The molecule has 2 atom stereocenters. The van der Waals surface area contributed by atoms with Crippen molar-refractivity contribution in [2.45, 2.75) is 18.6 Å². The Bertz CT molecular complexity index is 333. The van der Waals surface area contributed by atoms with Crippen molar-refractivity contribution in [3.8, 4) is 0 Å². The van der Waals surface area contributed by atoms with Gasteiger partial charge >= 0.3 is 5.97 Å². The second-order valence-corrected chi connectivity index (χ2v) is 3.77. The molecule has 1 heterocycles. The van der Waals surface area contributed by atoms with E-state index in [2.05, 4.69) is 5.32 Å². The summed E-state index contributed by atoms with van der Waals surface area (Å²) < 4.78 is 0. The summed E-state index contributed by atoms with van der Waals surface area (Å²) in [7, 11) is 0. The van der Waals surface area contributed by atoms with Crippen LogP contribution in [0, 0.1) is 0 Å². The molecule has 1 fully saturated rings. The molecule has 0 aromatic carbocycles. The number of rotatable bonds is 4. The van der Waals surface area contributed by atoms with E-state index in [9.17, 15) is 19.5 Å². The lowest BCUT2D eigenvalue weighted by atomic mass is 10.2. The van der Waals surface area contributed by atoms with Crippen LogP contribution >= 0.6 is 0 Å². The van der Waals surface area contributed by atoms with Crippen molar-refractivity contribution < 1.29 is 24.6 Å². The summed E-state index contributed by atoms with van der Waals surface area (Å²) in [5.74, 6) is -2.21. The summed E-state index contributed by atoms with van der Waals surface area (Å²) in [6.45, 7) is -0.584. The number of carboxylic acids is 1. The Labute approximate surface area is 97.4 Å². The molecule has 1 aliphatic rings. The summed E-state index contributed by atoms with van der Waals surface area (Å²) in [5.41, 5.74) is 5.04. The first-order chi connectivity index (χ1) is 7.95. The van der Waals surface area contributed by atoms with Gasteiger partial charge in [0.25, 0.3) is 0 Å². The van der Waals surface area contributed by atoms with E-state index in [1.54, 1.807) is 0 Å². The summed E-state index contributed by atoms with van der Waals surface area (Å²) >= 11 is 0. The number of carbonyl (C=O) groups is 3. The molecular weight excluding hydrogens is 230 g/mol. The molecule has 1 saturated heterocycles. The first-order valence-electron chi connectivity index (χ1n) is 5.12. The molecular formula is C9H15N3O5. The standard InChI is InChI=1S/C9H15N3O5/c10-2-7(14)11-3-8(15)12-4-5(13)1-6(12)9(16)17/h5-6,13H,1-4,10H2,(H,11,14)(H,16,17)/t5-,6-/m0/s1. The van der Waals surface area contributed by atoms with Gasteiger partial charge < -0.3 is 26.2 Å². The van der Waals surface area contributed by atoms with E-state index in [0.717, 1.165) is 4.90 Å². The molecule has 0 aromatic heterocycles. The van der Waals surface area contributed by atoms with Gasteiger partial charge in [-0.25, -0.2) is 4.79 Å². The smallest absolute Gasteiger partial charge is 0.326 e. The second kappa shape index (κ2) is 5.60. The Morgan fingerprint density at radius 3 is 2.59 bits per heavy atom. The van der Waals surface area contributed by atoms with E-state index >= 15 is 0 Å². The minimum absolute atomic E-state index is 0.00586. The molecule has 8 heteroatoms. The van der Waals surface area contributed by atoms with Crippen molar-refractivity contribution in [2.24, 2.45) is 5.73 Å². The van der Waals surface area contributed by atoms with Crippen molar-refractivity contribution in [1.29, 1.82) is 0 Å². The van der Waals surface area contributed by atoms with Crippen LogP contribution in [-0.2, 0) is 14.4 Å². The van der Waals surface area contributed by atoms with E-state index in [1.165, 1.54) is 0 Å². The predicted octanol–water partition coefficient (Wildman–Crippen LogP) is -2.89. The first kappa shape index (κ1) is 13.4. The Hall–Kier alpha value is -1.67. The minimum Gasteiger partial charge on any atom is -0.480 e. The number of carboxylic acid groups (broad SMARTS) is 1. The molecule has 8 nitrogen and oxygen atoms in total. The maximum absolute atomic E-state index is 11.6. The highest BCUT2D eigenvalue weighted by Crippen LogP contribution is 2.17. The fourth-order valence-corrected chi connectivity index (χ4v) is 1.67. The lowest BCUT2D eigenvalue weighted by molar-refractivity contribution is -0.148. The monoisotopic (exact) mass is 245 g/mol. The van der Waals surface area contributed by atoms with E-state index in [0.29, 0.717) is 0 Å². The van der Waals surface area contributed by atoms with Crippen molar-refractivity contribution >= 4 is 17.8 Å². The van der Waals surface area contributed by atoms with Gasteiger partial charge in [0.15, 0.2) is 0 Å². The zero-order valence-corrected chi connectivity index (χ0v) is 9.13. The van der Waals surface area contributed by atoms with Gasteiger partial charge in [0.2, 0.25) is 11.8 Å². The zero-order chi connectivity index (χ0) is 13.0. The van der Waals surface area contributed by atoms with Gasteiger partial charge in [0.05, 0.1) is 19.2 Å². The average Bonchev–Trinajstić information content (AvgIpc) is 2.67. The third-order valence-corrected chi connectivity index (χ3v) is 2.51. The number of aliphatic carboxylic acids is 1. The number of aliphatic hydroxyl groups excluding tert-OH is 1. The van der Waals surface area contributed by atoms with Crippen LogP contribution in [0.15, 0.2) is 0 Å². The van der Waals surface area contributed by atoms with Crippen LogP contribution in [0.25, 0.3) is 0 Å². The van der Waals surface area contributed by atoms with Crippen LogP contribution in [-0.4, -0.2) is 64.7 Å². The van der Waals surface area contributed by atoms with E-state index in [1.807, 2.05) is 0 Å². The molecule has 0 aromatic rings. The number of carbonyl (C=O) groups excluding carboxylic acids is 2. The quantitative estimate of drug-likeness (QED) is 0.420. The van der Waals surface area contributed by atoms with Crippen LogP contribution < -0.4 is 11.1 Å². The lowest BCUT2D eigenvalue weighted by Gasteiger charge is -2.21. The van der Waals surface area contributed by atoms with Crippen LogP contribution in [0.2, 0.25) is 0 Å². The Morgan fingerprint density at radius 2 is 2.06 bits per heavy atom. The highest BCUT2D eigenvalue weighted by molar-refractivity contribution is 5.88. The third kappa shape index (κ3) is 3.40. The maximum Gasteiger partial charge on any atom is 0.326 e. The number of nitrogens with two attached hydrogens (primary N) is 1. The molecule has 0 unspecified atom stereocenters. The van der Waals surface area contributed by atoms with Crippen molar-refractivity contribution in [2.75, 3.05) is 19.6 Å². The molecule has 0 radical (unpaired) electrons. The van der Waals surface area contributed by atoms with Crippen LogP contribution in [0.4, 0.5) is 0 Å². The summed E-state index contributed by atoms with van der Waals surface area (Å²) in [6.07, 6.45) is -0.836. The lowest BCUT2D eigenvalue weighted by Crippen LogP contribution is -2.46. The molecule has 1 aliphatic heterocycles. The minimum atomic E-state index is -1.17. The number of hydrogen-bond acceptors (Lipinski definition) is 5. The van der Waals surface area contributed by atoms with Gasteiger partial charge in [-0.15, -0.1) is 0 Å². The van der Waals surface area contributed by atoms with Crippen molar-refractivity contribution in [1.82, 2.24) is 10.2 Å². The molecule has 96 valence electrons. The summed E-state index contributed by atoms with van der Waals surface area (Å²) in [5, 5.41) is 20.4. The van der Waals surface area contributed by atoms with Gasteiger partial charge in [-0.2, -0.15) is 0 Å². The van der Waals surface area contributed by atoms with Crippen molar-refractivity contribution in [3.63, 3.8) is 0 Å². The number of aliphatic hydroxyl groups is 1. The van der Waals surface area contributed by atoms with E-state index < -0.39 is 29.9 Å². The average molecular weight is 245 g/mol. The maximum atomic E-state index is 11.6. The fourth-order valence-electron chi connectivity index (χ4n) is 1.67. The van der Waals surface area contributed by atoms with E-state index in [4.69, 9.17) is 10.8 Å². The zero-order valence-electron chi connectivity index (χ0n) is 9.13. The topological polar surface area (TPSA) is 133 Å². The SMILES string of the molecule is NCC(=O)NCC(=O)N1C[C@@H](O)C[C@H]1C(=O)O. The summed E-state index contributed by atoms with van der Waals surface area (Å²) in [6, 6.07) is -1.03. The predicted molar refractivity (Wildman–Crippen MR) is 55.8 cm³/mol. The highest BCUT2D eigenvalue weighted by Gasteiger charge is 2.38. The number of likely N-dealkylation sites (tertiary alicyclic amines) is 1. The molecule has 0 spiro atoms.